The first-order valence-corrected chi connectivity index (χ1v) is 8.53. The van der Waals surface area contributed by atoms with Crippen molar-refractivity contribution in [2.24, 2.45) is 0 Å². The number of aryl methyl sites for hydroxylation is 1. The minimum Gasteiger partial charge on any atom is -0.279 e. The fraction of sp³-hybridized carbons (Fsp3) is 0.143. The zero-order valence-corrected chi connectivity index (χ0v) is 13.3. The molecule has 8 heteroatoms. The first kappa shape index (κ1) is 14.8. The molecule has 0 amide bonds. The van der Waals surface area contributed by atoms with Crippen molar-refractivity contribution in [3.8, 4) is 0 Å². The van der Waals surface area contributed by atoms with Gasteiger partial charge in [-0.2, -0.15) is 5.10 Å². The second-order valence-corrected chi connectivity index (χ2v) is 7.00. The summed E-state index contributed by atoms with van der Waals surface area (Å²) in [6.07, 6.45) is 1.71. The summed E-state index contributed by atoms with van der Waals surface area (Å²) in [4.78, 5) is 4.22. The van der Waals surface area contributed by atoms with E-state index in [1.165, 1.54) is 4.52 Å². The van der Waals surface area contributed by atoms with Crippen molar-refractivity contribution < 1.29 is 8.42 Å². The van der Waals surface area contributed by atoms with Crippen LogP contribution in [0.5, 0.6) is 0 Å². The van der Waals surface area contributed by atoms with Gasteiger partial charge in [-0.1, -0.05) is 23.7 Å². The molecule has 0 saturated heterocycles. The molecule has 0 radical (unpaired) electrons. The van der Waals surface area contributed by atoms with Crippen LogP contribution in [0.15, 0.2) is 42.6 Å². The van der Waals surface area contributed by atoms with Crippen molar-refractivity contribution in [2.45, 2.75) is 12.7 Å². The van der Waals surface area contributed by atoms with Gasteiger partial charge in [0.1, 0.15) is 5.82 Å². The van der Waals surface area contributed by atoms with Gasteiger partial charge < -0.3 is 0 Å². The molecule has 3 aromatic rings. The molecule has 0 aliphatic heterocycles. The van der Waals surface area contributed by atoms with Crippen LogP contribution in [-0.4, -0.2) is 23.0 Å². The van der Waals surface area contributed by atoms with Crippen LogP contribution < -0.4 is 4.72 Å². The van der Waals surface area contributed by atoms with Gasteiger partial charge in [0.05, 0.1) is 11.4 Å². The topological polar surface area (TPSA) is 76.4 Å². The van der Waals surface area contributed by atoms with Crippen molar-refractivity contribution in [1.82, 2.24) is 14.6 Å². The molecular formula is C14H13ClN4O2S. The first-order valence-electron chi connectivity index (χ1n) is 6.50. The zero-order chi connectivity index (χ0) is 15.7. The maximum Gasteiger partial charge on any atom is 0.237 e. The molecule has 0 atom stereocenters. The highest BCUT2D eigenvalue weighted by Crippen LogP contribution is 2.18. The second-order valence-electron chi connectivity index (χ2n) is 4.84. The minimum absolute atomic E-state index is 0.141. The minimum atomic E-state index is -3.56. The largest absolute Gasteiger partial charge is 0.279 e. The van der Waals surface area contributed by atoms with Gasteiger partial charge in [0.15, 0.2) is 5.65 Å². The van der Waals surface area contributed by atoms with E-state index in [0.29, 0.717) is 27.7 Å². The van der Waals surface area contributed by atoms with Gasteiger partial charge in [-0.05, 0) is 36.8 Å². The predicted molar refractivity (Wildman–Crippen MR) is 85.4 cm³/mol. The Hall–Kier alpha value is -2.12. The van der Waals surface area contributed by atoms with Crippen molar-refractivity contribution in [3.05, 3.63) is 59.0 Å². The van der Waals surface area contributed by atoms with E-state index in [9.17, 15) is 8.42 Å². The molecule has 1 N–H and O–H groups in total. The van der Waals surface area contributed by atoms with Crippen molar-refractivity contribution in [2.75, 3.05) is 4.72 Å². The first-order chi connectivity index (χ1) is 10.4. The predicted octanol–water partition coefficient (Wildman–Crippen LogP) is 2.63. The number of fused-ring (bicyclic) bond motifs is 1. The second kappa shape index (κ2) is 5.58. The third-order valence-electron chi connectivity index (χ3n) is 3.00. The summed E-state index contributed by atoms with van der Waals surface area (Å²) in [5.74, 6) is 0.433. The molecule has 0 fully saturated rings. The normalized spacial score (nSPS) is 11.7. The molecular weight excluding hydrogens is 324 g/mol. The third-order valence-corrected chi connectivity index (χ3v) is 4.50. The van der Waals surface area contributed by atoms with Gasteiger partial charge in [-0.3, -0.25) is 4.72 Å². The Morgan fingerprint density at radius 3 is 2.68 bits per heavy atom. The summed E-state index contributed by atoms with van der Waals surface area (Å²) >= 11 is 5.80. The number of hydrogen-bond acceptors (Lipinski definition) is 4. The molecule has 0 spiro atoms. The van der Waals surface area contributed by atoms with E-state index in [2.05, 4.69) is 14.8 Å². The Labute approximate surface area is 132 Å². The van der Waals surface area contributed by atoms with E-state index in [4.69, 9.17) is 11.6 Å². The quantitative estimate of drug-likeness (QED) is 0.794. The molecule has 0 aliphatic rings. The van der Waals surface area contributed by atoms with Crippen LogP contribution in [0, 0.1) is 6.92 Å². The number of benzene rings is 1. The standard InChI is InChI=1S/C14H13ClN4O2S/c1-10-16-14-13(3-2-8-19(14)17-10)18-22(20,21)9-11-4-6-12(15)7-5-11/h2-8,18H,9H2,1H3. The van der Waals surface area contributed by atoms with Crippen molar-refractivity contribution >= 4 is 33.0 Å². The van der Waals surface area contributed by atoms with Crippen LogP contribution in [0.2, 0.25) is 5.02 Å². The van der Waals surface area contributed by atoms with Gasteiger partial charge in [0.25, 0.3) is 0 Å². The average Bonchev–Trinajstić information content (AvgIpc) is 2.82. The number of hydrogen-bond donors (Lipinski definition) is 1. The Kier molecular flexibility index (Phi) is 3.76. The summed E-state index contributed by atoms with van der Waals surface area (Å²) < 4.78 is 28.7. The molecule has 114 valence electrons. The molecule has 0 bridgehead atoms. The Morgan fingerprint density at radius 1 is 1.23 bits per heavy atom. The summed E-state index contributed by atoms with van der Waals surface area (Å²) in [5, 5.41) is 4.72. The van der Waals surface area contributed by atoms with Crippen LogP contribution >= 0.6 is 11.6 Å². The molecule has 0 unspecified atom stereocenters. The monoisotopic (exact) mass is 336 g/mol. The lowest BCUT2D eigenvalue weighted by Crippen LogP contribution is -2.15. The Morgan fingerprint density at radius 2 is 1.95 bits per heavy atom. The number of aromatic nitrogens is 3. The number of anilines is 1. The van der Waals surface area contributed by atoms with E-state index in [1.807, 2.05) is 0 Å². The fourth-order valence-electron chi connectivity index (χ4n) is 2.10. The highest BCUT2D eigenvalue weighted by molar-refractivity contribution is 7.91. The number of nitrogens with zero attached hydrogens (tertiary/aromatic N) is 3. The lowest BCUT2D eigenvalue weighted by molar-refractivity contribution is 0.600. The van der Waals surface area contributed by atoms with Crippen molar-refractivity contribution in [1.29, 1.82) is 0 Å². The molecule has 22 heavy (non-hydrogen) atoms. The SMILES string of the molecule is Cc1nc2c(NS(=O)(=O)Cc3ccc(Cl)cc3)cccn2n1. The van der Waals surface area contributed by atoms with E-state index < -0.39 is 10.0 Å². The summed E-state index contributed by atoms with van der Waals surface area (Å²) in [6, 6.07) is 10.1. The lowest BCUT2D eigenvalue weighted by atomic mass is 10.2. The van der Waals surface area contributed by atoms with E-state index in [1.54, 1.807) is 49.5 Å². The lowest BCUT2D eigenvalue weighted by Gasteiger charge is -2.08. The summed E-state index contributed by atoms with van der Waals surface area (Å²) in [5.41, 5.74) is 1.53. The Bertz CT molecular complexity index is 920. The summed E-state index contributed by atoms with van der Waals surface area (Å²) in [7, 11) is -3.56. The summed E-state index contributed by atoms with van der Waals surface area (Å²) in [6.45, 7) is 1.75. The van der Waals surface area contributed by atoms with Gasteiger partial charge in [0.2, 0.25) is 10.0 Å². The molecule has 2 aromatic heterocycles. The third kappa shape index (κ3) is 3.20. The molecule has 1 aromatic carbocycles. The van der Waals surface area contributed by atoms with Crippen LogP contribution in [0.3, 0.4) is 0 Å². The highest BCUT2D eigenvalue weighted by Gasteiger charge is 2.15. The molecule has 3 rings (SSSR count). The number of sulfonamides is 1. The zero-order valence-electron chi connectivity index (χ0n) is 11.7. The van der Waals surface area contributed by atoms with Gasteiger partial charge in [0, 0.05) is 11.2 Å². The van der Waals surface area contributed by atoms with E-state index in [0.717, 1.165) is 0 Å². The van der Waals surface area contributed by atoms with E-state index >= 15 is 0 Å². The van der Waals surface area contributed by atoms with Crippen LogP contribution in [0.1, 0.15) is 11.4 Å². The number of halogens is 1. The van der Waals surface area contributed by atoms with Crippen molar-refractivity contribution in [3.63, 3.8) is 0 Å². The van der Waals surface area contributed by atoms with E-state index in [-0.39, 0.29) is 5.75 Å². The fourth-order valence-corrected chi connectivity index (χ4v) is 3.42. The molecule has 0 saturated carbocycles. The number of rotatable bonds is 4. The molecule has 2 heterocycles. The number of nitrogens with one attached hydrogen (secondary N) is 1. The van der Waals surface area contributed by atoms with Gasteiger partial charge in [-0.25, -0.2) is 17.9 Å². The Balaban J connectivity index is 1.88. The highest BCUT2D eigenvalue weighted by atomic mass is 35.5. The number of pyridine rings is 1. The smallest absolute Gasteiger partial charge is 0.237 e. The molecule has 0 aliphatic carbocycles. The average molecular weight is 337 g/mol. The van der Waals surface area contributed by atoms with Crippen LogP contribution in [0.4, 0.5) is 5.69 Å². The maximum atomic E-state index is 12.3. The van der Waals surface area contributed by atoms with Gasteiger partial charge >= 0.3 is 0 Å². The van der Waals surface area contributed by atoms with Crippen LogP contribution in [0.25, 0.3) is 5.65 Å². The maximum absolute atomic E-state index is 12.3. The van der Waals surface area contributed by atoms with Gasteiger partial charge in [-0.15, -0.1) is 0 Å². The molecule has 6 nitrogen and oxygen atoms in total. The van der Waals surface area contributed by atoms with Crippen LogP contribution in [-0.2, 0) is 15.8 Å².